The zero-order valence-electron chi connectivity index (χ0n) is 12.8. The van der Waals surface area contributed by atoms with E-state index in [4.69, 9.17) is 0 Å². The van der Waals surface area contributed by atoms with Gasteiger partial charge < -0.3 is 5.32 Å². The number of hydrogen-bond donors (Lipinski definition) is 1. The molecule has 2 heteroatoms. The molecule has 0 saturated heterocycles. The van der Waals surface area contributed by atoms with Crippen LogP contribution in [0.5, 0.6) is 0 Å². The first-order valence-corrected chi connectivity index (χ1v) is 7.20. The Morgan fingerprint density at radius 2 is 1.62 bits per heavy atom. The summed E-state index contributed by atoms with van der Waals surface area (Å²) in [6, 6.07) is 16.0. The van der Waals surface area contributed by atoms with Crippen molar-refractivity contribution in [1.82, 2.24) is 0 Å². The zero-order valence-corrected chi connectivity index (χ0v) is 12.8. The predicted molar refractivity (Wildman–Crippen MR) is 89.4 cm³/mol. The Hall–Kier alpha value is -2.35. The Morgan fingerprint density at radius 1 is 1.00 bits per heavy atom. The molecule has 2 aromatic rings. The number of rotatable bonds is 4. The van der Waals surface area contributed by atoms with Gasteiger partial charge in [-0.15, -0.1) is 0 Å². The SMILES string of the molecule is Cc1ccc(C=CC(=O)Nc2ccc(C(C)C)cc2)cc1. The highest BCUT2D eigenvalue weighted by Gasteiger charge is 2.01. The topological polar surface area (TPSA) is 29.1 Å². The number of aryl methyl sites for hydroxylation is 1. The number of nitrogens with one attached hydrogen (secondary N) is 1. The number of anilines is 1. The Morgan fingerprint density at radius 3 is 2.19 bits per heavy atom. The van der Waals surface area contributed by atoms with Gasteiger partial charge in [0.15, 0.2) is 0 Å². The lowest BCUT2D eigenvalue weighted by atomic mass is 10.0. The molecule has 0 atom stereocenters. The van der Waals surface area contributed by atoms with Crippen molar-refractivity contribution in [3.05, 3.63) is 71.3 Å². The molecule has 0 heterocycles. The summed E-state index contributed by atoms with van der Waals surface area (Å²) in [6.45, 7) is 6.34. The van der Waals surface area contributed by atoms with Crippen LogP contribution in [-0.2, 0) is 4.79 Å². The van der Waals surface area contributed by atoms with Crippen LogP contribution in [0.2, 0.25) is 0 Å². The largest absolute Gasteiger partial charge is 0.323 e. The van der Waals surface area contributed by atoms with Gasteiger partial charge in [-0.2, -0.15) is 0 Å². The summed E-state index contributed by atoms with van der Waals surface area (Å²) in [6.07, 6.45) is 3.37. The molecule has 2 aromatic carbocycles. The number of carbonyl (C=O) groups excluding carboxylic acids is 1. The van der Waals surface area contributed by atoms with E-state index in [2.05, 4.69) is 19.2 Å². The normalized spacial score (nSPS) is 11.0. The fourth-order valence-corrected chi connectivity index (χ4v) is 1.98. The van der Waals surface area contributed by atoms with Crippen molar-refractivity contribution in [2.45, 2.75) is 26.7 Å². The number of carbonyl (C=O) groups is 1. The van der Waals surface area contributed by atoms with Crippen LogP contribution >= 0.6 is 0 Å². The van der Waals surface area contributed by atoms with Crippen LogP contribution in [0.4, 0.5) is 5.69 Å². The van der Waals surface area contributed by atoms with Crippen molar-refractivity contribution in [2.75, 3.05) is 5.32 Å². The van der Waals surface area contributed by atoms with E-state index in [1.807, 2.05) is 61.5 Å². The van der Waals surface area contributed by atoms with Crippen LogP contribution < -0.4 is 5.32 Å². The monoisotopic (exact) mass is 279 g/mol. The van der Waals surface area contributed by atoms with Gasteiger partial charge in [0, 0.05) is 11.8 Å². The Kier molecular flexibility index (Phi) is 4.94. The minimum Gasteiger partial charge on any atom is -0.323 e. The molecule has 0 unspecified atom stereocenters. The maximum absolute atomic E-state index is 11.9. The molecule has 0 aromatic heterocycles. The first-order valence-electron chi connectivity index (χ1n) is 7.20. The van der Waals surface area contributed by atoms with Crippen LogP contribution in [0.25, 0.3) is 6.08 Å². The molecule has 0 aliphatic heterocycles. The van der Waals surface area contributed by atoms with Gasteiger partial charge >= 0.3 is 0 Å². The van der Waals surface area contributed by atoms with E-state index >= 15 is 0 Å². The second-order valence-corrected chi connectivity index (χ2v) is 5.51. The highest BCUT2D eigenvalue weighted by molar-refractivity contribution is 6.01. The zero-order chi connectivity index (χ0) is 15.2. The summed E-state index contributed by atoms with van der Waals surface area (Å²) in [5.41, 5.74) is 4.31. The number of hydrogen-bond acceptors (Lipinski definition) is 1. The van der Waals surface area contributed by atoms with Gasteiger partial charge in [-0.05, 0) is 42.2 Å². The van der Waals surface area contributed by atoms with Crippen molar-refractivity contribution in [1.29, 1.82) is 0 Å². The molecule has 0 saturated carbocycles. The van der Waals surface area contributed by atoms with Crippen LogP contribution in [-0.4, -0.2) is 5.91 Å². The van der Waals surface area contributed by atoms with Gasteiger partial charge in [-0.25, -0.2) is 0 Å². The van der Waals surface area contributed by atoms with Gasteiger partial charge in [-0.1, -0.05) is 55.8 Å². The molecule has 1 N–H and O–H groups in total. The van der Waals surface area contributed by atoms with Crippen molar-refractivity contribution < 1.29 is 4.79 Å². The molecule has 2 rings (SSSR count). The van der Waals surface area contributed by atoms with Crippen molar-refractivity contribution in [3.8, 4) is 0 Å². The first-order chi connectivity index (χ1) is 10.0. The lowest BCUT2D eigenvalue weighted by molar-refractivity contribution is -0.111. The lowest BCUT2D eigenvalue weighted by Crippen LogP contribution is -2.07. The molecule has 0 fully saturated rings. The molecule has 108 valence electrons. The summed E-state index contributed by atoms with van der Waals surface area (Å²) in [5.74, 6) is 0.379. The lowest BCUT2D eigenvalue weighted by Gasteiger charge is -2.07. The quantitative estimate of drug-likeness (QED) is 0.802. The highest BCUT2D eigenvalue weighted by atomic mass is 16.1. The third-order valence-corrected chi connectivity index (χ3v) is 3.35. The number of benzene rings is 2. The van der Waals surface area contributed by atoms with Crippen LogP contribution in [0.3, 0.4) is 0 Å². The standard InChI is InChI=1S/C19H21NO/c1-14(2)17-9-11-18(12-10-17)20-19(21)13-8-16-6-4-15(3)5-7-16/h4-14H,1-3H3,(H,20,21). The van der Waals surface area contributed by atoms with E-state index in [0.29, 0.717) is 5.92 Å². The fourth-order valence-electron chi connectivity index (χ4n) is 1.98. The fraction of sp³-hybridized carbons (Fsp3) is 0.211. The third-order valence-electron chi connectivity index (χ3n) is 3.35. The van der Waals surface area contributed by atoms with Crippen molar-refractivity contribution in [3.63, 3.8) is 0 Å². The minimum atomic E-state index is -0.118. The Labute approximate surface area is 126 Å². The van der Waals surface area contributed by atoms with E-state index < -0.39 is 0 Å². The highest BCUT2D eigenvalue weighted by Crippen LogP contribution is 2.17. The minimum absolute atomic E-state index is 0.118. The van der Waals surface area contributed by atoms with Gasteiger partial charge in [0.05, 0.1) is 0 Å². The van der Waals surface area contributed by atoms with Crippen LogP contribution in [0.15, 0.2) is 54.6 Å². The molecule has 0 aliphatic carbocycles. The van der Waals surface area contributed by atoms with E-state index in [1.165, 1.54) is 11.1 Å². The van der Waals surface area contributed by atoms with Gasteiger partial charge in [-0.3, -0.25) is 4.79 Å². The Balaban J connectivity index is 1.96. The molecule has 1 amide bonds. The molecule has 0 bridgehead atoms. The van der Waals surface area contributed by atoms with E-state index in [9.17, 15) is 4.79 Å². The van der Waals surface area contributed by atoms with Crippen molar-refractivity contribution in [2.24, 2.45) is 0 Å². The van der Waals surface area contributed by atoms with E-state index in [0.717, 1.165) is 11.3 Å². The summed E-state index contributed by atoms with van der Waals surface area (Å²) in [7, 11) is 0. The maximum Gasteiger partial charge on any atom is 0.248 e. The van der Waals surface area contributed by atoms with Gasteiger partial charge in [0.1, 0.15) is 0 Å². The average Bonchev–Trinajstić information content (AvgIpc) is 2.47. The molecular weight excluding hydrogens is 258 g/mol. The molecular formula is C19H21NO. The van der Waals surface area contributed by atoms with Crippen LogP contribution in [0.1, 0.15) is 36.5 Å². The smallest absolute Gasteiger partial charge is 0.248 e. The maximum atomic E-state index is 11.9. The van der Waals surface area contributed by atoms with Crippen LogP contribution in [0, 0.1) is 6.92 Å². The third kappa shape index (κ3) is 4.60. The second-order valence-electron chi connectivity index (χ2n) is 5.51. The van der Waals surface area contributed by atoms with Gasteiger partial charge in [0.2, 0.25) is 5.91 Å². The van der Waals surface area contributed by atoms with Gasteiger partial charge in [0.25, 0.3) is 0 Å². The average molecular weight is 279 g/mol. The van der Waals surface area contributed by atoms with E-state index in [-0.39, 0.29) is 5.91 Å². The Bertz CT molecular complexity index is 622. The molecule has 2 nitrogen and oxygen atoms in total. The second kappa shape index (κ2) is 6.89. The number of amides is 1. The molecule has 21 heavy (non-hydrogen) atoms. The predicted octanol–water partition coefficient (Wildman–Crippen LogP) is 4.77. The molecule has 0 aliphatic rings. The summed E-state index contributed by atoms with van der Waals surface area (Å²) < 4.78 is 0. The van der Waals surface area contributed by atoms with Crippen molar-refractivity contribution >= 4 is 17.7 Å². The molecule has 0 radical (unpaired) electrons. The first kappa shape index (κ1) is 15.0. The summed E-state index contributed by atoms with van der Waals surface area (Å²) in [4.78, 5) is 11.9. The van der Waals surface area contributed by atoms with E-state index in [1.54, 1.807) is 6.08 Å². The summed E-state index contributed by atoms with van der Waals surface area (Å²) >= 11 is 0. The summed E-state index contributed by atoms with van der Waals surface area (Å²) in [5, 5.41) is 2.86. The molecule has 0 spiro atoms.